The molecule has 0 atom stereocenters. The number of aldehydes is 1. The van der Waals surface area contributed by atoms with Crippen molar-refractivity contribution in [3.8, 4) is 0 Å². The molecule has 5 rings (SSSR count). The zero-order valence-electron chi connectivity index (χ0n) is 24.2. The Labute approximate surface area is 247 Å². The molecule has 2 aromatic rings. The smallest absolute Gasteiger partial charge is 0.256 e. The van der Waals surface area contributed by atoms with E-state index in [1.54, 1.807) is 35.2 Å². The number of halogens is 1. The lowest BCUT2D eigenvalue weighted by molar-refractivity contribution is -0.134. The first-order valence-corrected chi connectivity index (χ1v) is 15.0. The summed E-state index contributed by atoms with van der Waals surface area (Å²) in [4.78, 5) is 45.8. The highest BCUT2D eigenvalue weighted by Crippen LogP contribution is 2.19. The predicted molar refractivity (Wildman–Crippen MR) is 160 cm³/mol. The SMILES string of the molecule is N=C(Cc1ccc(F)c(C(=O)N2CCN(C(=O)CN3CCN(CC4CCNCC4)CC3)CC2)c1)c1ccccc1C=O. The molecule has 224 valence electrons. The average Bonchev–Trinajstić information content (AvgIpc) is 3.03. The molecule has 3 aliphatic heterocycles. The Hall–Kier alpha value is -3.47. The molecule has 0 aliphatic carbocycles. The van der Waals surface area contributed by atoms with Crippen molar-refractivity contribution < 1.29 is 18.8 Å². The van der Waals surface area contributed by atoms with Crippen molar-refractivity contribution in [2.75, 3.05) is 78.5 Å². The highest BCUT2D eigenvalue weighted by atomic mass is 19.1. The number of hydrogen-bond donors (Lipinski definition) is 2. The van der Waals surface area contributed by atoms with Gasteiger partial charge in [0.05, 0.1) is 12.1 Å². The molecule has 2 N–H and O–H groups in total. The summed E-state index contributed by atoms with van der Waals surface area (Å²) < 4.78 is 14.8. The van der Waals surface area contributed by atoms with E-state index in [-0.39, 0.29) is 23.6 Å². The Morgan fingerprint density at radius 2 is 1.55 bits per heavy atom. The van der Waals surface area contributed by atoms with Gasteiger partial charge in [0.15, 0.2) is 6.29 Å². The summed E-state index contributed by atoms with van der Waals surface area (Å²) in [5.74, 6) is -0.169. The summed E-state index contributed by atoms with van der Waals surface area (Å²) in [5, 5.41) is 11.9. The summed E-state index contributed by atoms with van der Waals surface area (Å²) in [7, 11) is 0. The number of rotatable bonds is 9. The first-order chi connectivity index (χ1) is 20.4. The van der Waals surface area contributed by atoms with Gasteiger partial charge in [-0.25, -0.2) is 4.39 Å². The van der Waals surface area contributed by atoms with E-state index >= 15 is 0 Å². The number of nitrogens with zero attached hydrogens (tertiary/aromatic N) is 4. The molecule has 0 spiro atoms. The summed E-state index contributed by atoms with van der Waals surface area (Å²) >= 11 is 0. The predicted octanol–water partition coefficient (Wildman–Crippen LogP) is 2.15. The summed E-state index contributed by atoms with van der Waals surface area (Å²) in [5.41, 5.74) is 1.74. The average molecular weight is 577 g/mol. The molecule has 3 aliphatic rings. The van der Waals surface area contributed by atoms with Gasteiger partial charge in [0.2, 0.25) is 5.91 Å². The van der Waals surface area contributed by atoms with Crippen LogP contribution in [-0.2, 0) is 11.2 Å². The first-order valence-electron chi connectivity index (χ1n) is 15.0. The van der Waals surface area contributed by atoms with E-state index in [0.717, 1.165) is 51.7 Å². The number of benzene rings is 2. The largest absolute Gasteiger partial charge is 0.338 e. The molecule has 42 heavy (non-hydrogen) atoms. The molecule has 2 aromatic carbocycles. The molecular formula is C32H41FN6O3. The first kappa shape index (κ1) is 30.0. The molecule has 0 radical (unpaired) electrons. The van der Waals surface area contributed by atoms with Gasteiger partial charge in [-0.2, -0.15) is 0 Å². The van der Waals surface area contributed by atoms with Crippen molar-refractivity contribution in [1.29, 1.82) is 5.41 Å². The molecule has 0 saturated carbocycles. The maximum Gasteiger partial charge on any atom is 0.256 e. The molecule has 2 amide bonds. The second-order valence-electron chi connectivity index (χ2n) is 11.6. The number of amides is 2. The van der Waals surface area contributed by atoms with Crippen molar-refractivity contribution in [3.05, 3.63) is 70.5 Å². The fourth-order valence-electron chi connectivity index (χ4n) is 6.20. The van der Waals surface area contributed by atoms with Crippen LogP contribution >= 0.6 is 0 Å². The van der Waals surface area contributed by atoms with Gasteiger partial charge in [-0.1, -0.05) is 30.3 Å². The topological polar surface area (TPSA) is 100 Å². The van der Waals surface area contributed by atoms with Crippen LogP contribution in [0.2, 0.25) is 0 Å². The minimum absolute atomic E-state index is 0.0360. The summed E-state index contributed by atoms with van der Waals surface area (Å²) in [6.45, 7) is 9.09. The molecular weight excluding hydrogens is 535 g/mol. The fourth-order valence-corrected chi connectivity index (χ4v) is 6.20. The van der Waals surface area contributed by atoms with Crippen molar-refractivity contribution in [1.82, 2.24) is 24.9 Å². The zero-order valence-corrected chi connectivity index (χ0v) is 24.2. The van der Waals surface area contributed by atoms with Gasteiger partial charge in [-0.05, 0) is 49.5 Å². The maximum atomic E-state index is 14.8. The van der Waals surface area contributed by atoms with Crippen LogP contribution in [0.3, 0.4) is 0 Å². The van der Waals surface area contributed by atoms with Crippen molar-refractivity contribution in [2.24, 2.45) is 5.92 Å². The van der Waals surface area contributed by atoms with Crippen LogP contribution < -0.4 is 5.32 Å². The van der Waals surface area contributed by atoms with Crippen LogP contribution in [0.4, 0.5) is 4.39 Å². The van der Waals surface area contributed by atoms with E-state index in [9.17, 15) is 18.8 Å². The Balaban J connectivity index is 1.09. The monoisotopic (exact) mass is 576 g/mol. The maximum absolute atomic E-state index is 14.8. The minimum atomic E-state index is -0.610. The van der Waals surface area contributed by atoms with Crippen molar-refractivity contribution in [3.63, 3.8) is 0 Å². The lowest BCUT2D eigenvalue weighted by Gasteiger charge is -2.39. The molecule has 3 saturated heterocycles. The number of piperazine rings is 2. The third-order valence-corrected chi connectivity index (χ3v) is 8.77. The molecule has 3 fully saturated rings. The molecule has 3 heterocycles. The minimum Gasteiger partial charge on any atom is -0.338 e. The normalized spacial score (nSPS) is 19.1. The molecule has 10 heteroatoms. The quantitative estimate of drug-likeness (QED) is 0.351. The van der Waals surface area contributed by atoms with Crippen LogP contribution in [0.15, 0.2) is 42.5 Å². The number of carbonyl (C=O) groups is 3. The van der Waals surface area contributed by atoms with E-state index in [1.807, 2.05) is 4.90 Å². The van der Waals surface area contributed by atoms with Gasteiger partial charge in [-0.15, -0.1) is 0 Å². The standard InChI is InChI=1S/C32H41FN6O3/c33-29-6-5-25(20-30(34)27-4-2-1-3-26(27)23-40)19-28(29)32(42)39-17-15-38(16-18-39)31(41)22-37-13-11-36(12-14-37)21-24-7-9-35-10-8-24/h1-6,19,23-24,34-35H,7-18,20-22H2. The summed E-state index contributed by atoms with van der Waals surface area (Å²) in [6.07, 6.45) is 3.37. The lowest BCUT2D eigenvalue weighted by atomic mass is 9.97. The van der Waals surface area contributed by atoms with E-state index in [0.29, 0.717) is 55.7 Å². The van der Waals surface area contributed by atoms with Crippen LogP contribution in [0.25, 0.3) is 0 Å². The van der Waals surface area contributed by atoms with E-state index in [4.69, 9.17) is 5.41 Å². The lowest BCUT2D eigenvalue weighted by Crippen LogP contribution is -2.55. The van der Waals surface area contributed by atoms with Crippen LogP contribution in [0.1, 0.15) is 44.7 Å². The number of nitrogens with one attached hydrogen (secondary N) is 2. The van der Waals surface area contributed by atoms with Gasteiger partial charge in [0.1, 0.15) is 5.82 Å². The highest BCUT2D eigenvalue weighted by Gasteiger charge is 2.29. The second kappa shape index (κ2) is 14.1. The van der Waals surface area contributed by atoms with Crippen LogP contribution in [0.5, 0.6) is 0 Å². The molecule has 0 bridgehead atoms. The van der Waals surface area contributed by atoms with Crippen molar-refractivity contribution >= 4 is 23.8 Å². The third-order valence-electron chi connectivity index (χ3n) is 8.77. The summed E-state index contributed by atoms with van der Waals surface area (Å²) in [6, 6.07) is 11.2. The van der Waals surface area contributed by atoms with Crippen LogP contribution in [0, 0.1) is 17.1 Å². The van der Waals surface area contributed by atoms with Gasteiger partial charge < -0.3 is 25.4 Å². The second-order valence-corrected chi connectivity index (χ2v) is 11.6. The van der Waals surface area contributed by atoms with E-state index in [2.05, 4.69) is 15.1 Å². The Kier molecular flexibility index (Phi) is 10.1. The van der Waals surface area contributed by atoms with Gasteiger partial charge in [-0.3, -0.25) is 19.3 Å². The van der Waals surface area contributed by atoms with Gasteiger partial charge >= 0.3 is 0 Å². The van der Waals surface area contributed by atoms with E-state index < -0.39 is 11.7 Å². The molecule has 0 aromatic heterocycles. The Bertz CT molecular complexity index is 1280. The van der Waals surface area contributed by atoms with Gasteiger partial charge in [0, 0.05) is 82.2 Å². The zero-order chi connectivity index (χ0) is 29.5. The van der Waals surface area contributed by atoms with Crippen LogP contribution in [-0.4, -0.2) is 122 Å². The van der Waals surface area contributed by atoms with Gasteiger partial charge in [0.25, 0.3) is 5.91 Å². The van der Waals surface area contributed by atoms with Crippen molar-refractivity contribution in [2.45, 2.75) is 19.3 Å². The molecule has 0 unspecified atom stereocenters. The third kappa shape index (κ3) is 7.48. The highest BCUT2D eigenvalue weighted by molar-refractivity contribution is 6.05. The molecule has 9 nitrogen and oxygen atoms in total. The van der Waals surface area contributed by atoms with E-state index in [1.165, 1.54) is 25.0 Å². The Morgan fingerprint density at radius 1 is 0.881 bits per heavy atom. The number of piperidine rings is 1. The Morgan fingerprint density at radius 3 is 2.26 bits per heavy atom. The fraction of sp³-hybridized carbons (Fsp3) is 0.500. The number of carbonyl (C=O) groups excluding carboxylic acids is 3. The number of hydrogen-bond acceptors (Lipinski definition) is 7.